The van der Waals surface area contributed by atoms with Crippen LogP contribution in [0.2, 0.25) is 0 Å². The Morgan fingerprint density at radius 1 is 1.10 bits per heavy atom. The number of carbonyl (C=O) groups is 2. The van der Waals surface area contributed by atoms with E-state index in [0.29, 0.717) is 18.3 Å². The molecule has 31 heavy (non-hydrogen) atoms. The Balaban J connectivity index is 1.37. The summed E-state index contributed by atoms with van der Waals surface area (Å²) in [6.45, 7) is 7.96. The zero-order valence-electron chi connectivity index (χ0n) is 18.8. The van der Waals surface area contributed by atoms with Crippen molar-refractivity contribution in [1.29, 1.82) is 0 Å². The number of aromatic nitrogens is 3. The van der Waals surface area contributed by atoms with Crippen LogP contribution in [-0.2, 0) is 12.0 Å². The van der Waals surface area contributed by atoms with Gasteiger partial charge in [-0.3, -0.25) is 14.3 Å². The molecule has 0 spiro atoms. The number of hydrogen-bond acceptors (Lipinski definition) is 4. The van der Waals surface area contributed by atoms with Crippen LogP contribution in [0.4, 0.5) is 0 Å². The molecule has 0 unspecified atom stereocenters. The van der Waals surface area contributed by atoms with Crippen molar-refractivity contribution in [2.24, 2.45) is 0 Å². The SMILES string of the molecule is CC(C)(C)c1ccc(C(=O)N2CCCC[C@H]2CCn2cc(C(=O)NC3CC3)nn2)cc1. The number of nitrogens with one attached hydrogen (secondary N) is 1. The maximum atomic E-state index is 13.2. The number of hydrogen-bond donors (Lipinski definition) is 1. The lowest BCUT2D eigenvalue weighted by Gasteiger charge is -2.36. The molecule has 1 atom stereocenters. The first-order valence-electron chi connectivity index (χ1n) is 11.4. The first kappa shape index (κ1) is 21.5. The van der Waals surface area contributed by atoms with Crippen molar-refractivity contribution < 1.29 is 9.59 Å². The Labute approximate surface area is 184 Å². The number of aryl methyl sites for hydroxylation is 1. The van der Waals surface area contributed by atoms with Gasteiger partial charge < -0.3 is 10.2 Å². The number of rotatable bonds is 6. The molecule has 1 aliphatic heterocycles. The summed E-state index contributed by atoms with van der Waals surface area (Å²) in [6, 6.07) is 8.52. The second-order valence-corrected chi connectivity index (χ2v) is 9.88. The Bertz CT molecular complexity index is 924. The van der Waals surface area contributed by atoms with Crippen molar-refractivity contribution in [3.05, 3.63) is 47.3 Å². The maximum absolute atomic E-state index is 13.2. The Morgan fingerprint density at radius 3 is 2.52 bits per heavy atom. The van der Waals surface area contributed by atoms with Crippen LogP contribution in [0.15, 0.2) is 30.5 Å². The third-order valence-corrected chi connectivity index (χ3v) is 6.26. The lowest BCUT2D eigenvalue weighted by molar-refractivity contribution is 0.0593. The number of benzene rings is 1. The van der Waals surface area contributed by atoms with Crippen molar-refractivity contribution in [1.82, 2.24) is 25.2 Å². The molecule has 2 fully saturated rings. The van der Waals surface area contributed by atoms with Crippen LogP contribution >= 0.6 is 0 Å². The minimum atomic E-state index is -0.151. The van der Waals surface area contributed by atoms with E-state index >= 15 is 0 Å². The van der Waals surface area contributed by atoms with E-state index in [9.17, 15) is 9.59 Å². The predicted octanol–water partition coefficient (Wildman–Crippen LogP) is 3.55. The van der Waals surface area contributed by atoms with Crippen LogP contribution in [0.3, 0.4) is 0 Å². The highest BCUT2D eigenvalue weighted by Gasteiger charge is 2.28. The van der Waals surface area contributed by atoms with Crippen LogP contribution in [0.1, 0.15) is 85.7 Å². The van der Waals surface area contributed by atoms with Crippen LogP contribution in [-0.4, -0.2) is 50.3 Å². The normalized spacial score (nSPS) is 19.3. The zero-order valence-corrected chi connectivity index (χ0v) is 18.8. The maximum Gasteiger partial charge on any atom is 0.273 e. The summed E-state index contributed by atoms with van der Waals surface area (Å²) >= 11 is 0. The third-order valence-electron chi connectivity index (χ3n) is 6.26. The molecule has 2 heterocycles. The fraction of sp³-hybridized carbons (Fsp3) is 0.583. The quantitative estimate of drug-likeness (QED) is 0.770. The van der Waals surface area contributed by atoms with E-state index in [1.54, 1.807) is 10.9 Å². The highest BCUT2D eigenvalue weighted by Crippen LogP contribution is 2.25. The Morgan fingerprint density at radius 2 is 1.84 bits per heavy atom. The molecule has 0 radical (unpaired) electrons. The zero-order chi connectivity index (χ0) is 22.0. The Kier molecular flexibility index (Phi) is 6.12. The lowest BCUT2D eigenvalue weighted by atomic mass is 9.86. The monoisotopic (exact) mass is 423 g/mol. The first-order chi connectivity index (χ1) is 14.8. The molecule has 1 saturated heterocycles. The molecule has 2 aliphatic rings. The molecule has 2 aromatic rings. The van der Waals surface area contributed by atoms with Gasteiger partial charge in [-0.2, -0.15) is 0 Å². The first-order valence-corrected chi connectivity index (χ1v) is 11.4. The van der Waals surface area contributed by atoms with Gasteiger partial charge in [0.2, 0.25) is 0 Å². The second-order valence-electron chi connectivity index (χ2n) is 9.88. The molecule has 166 valence electrons. The van der Waals surface area contributed by atoms with Crippen molar-refractivity contribution in [2.45, 2.75) is 83.3 Å². The van der Waals surface area contributed by atoms with Crippen molar-refractivity contribution in [3.8, 4) is 0 Å². The highest BCUT2D eigenvalue weighted by atomic mass is 16.2. The van der Waals surface area contributed by atoms with Gasteiger partial charge in [0.25, 0.3) is 11.8 Å². The van der Waals surface area contributed by atoms with Gasteiger partial charge in [0, 0.05) is 30.7 Å². The number of nitrogens with zero attached hydrogens (tertiary/aromatic N) is 4. The second kappa shape index (κ2) is 8.81. The minimum Gasteiger partial charge on any atom is -0.348 e. The van der Waals surface area contributed by atoms with Gasteiger partial charge in [0.05, 0.1) is 6.20 Å². The molecule has 4 rings (SSSR count). The van der Waals surface area contributed by atoms with Crippen LogP contribution in [0.25, 0.3) is 0 Å². The summed E-state index contributed by atoms with van der Waals surface area (Å²) in [5.74, 6) is -0.0461. The third kappa shape index (κ3) is 5.32. The molecular formula is C24H33N5O2. The highest BCUT2D eigenvalue weighted by molar-refractivity contribution is 5.94. The fourth-order valence-electron chi connectivity index (χ4n) is 4.13. The standard InChI is InChI=1S/C24H33N5O2/c1-24(2,3)18-9-7-17(8-10-18)23(31)29-14-5-4-6-20(29)13-15-28-16-21(26-27-28)22(30)25-19-11-12-19/h7-10,16,19-20H,4-6,11-15H2,1-3H3,(H,25,30)/t20-/m0/s1. The van der Waals surface area contributed by atoms with E-state index in [1.165, 1.54) is 5.56 Å². The molecule has 7 heteroatoms. The number of likely N-dealkylation sites (tertiary alicyclic amines) is 1. The summed E-state index contributed by atoms with van der Waals surface area (Å²) in [7, 11) is 0. The van der Waals surface area contributed by atoms with Gasteiger partial charge in [-0.15, -0.1) is 5.10 Å². The molecule has 7 nitrogen and oxygen atoms in total. The van der Waals surface area contributed by atoms with Crippen molar-refractivity contribution in [2.75, 3.05) is 6.54 Å². The van der Waals surface area contributed by atoms with E-state index in [4.69, 9.17) is 0 Å². The van der Waals surface area contributed by atoms with Gasteiger partial charge in [-0.25, -0.2) is 0 Å². The smallest absolute Gasteiger partial charge is 0.273 e. The number of piperidine rings is 1. The summed E-state index contributed by atoms with van der Waals surface area (Å²) in [5, 5.41) is 11.1. The average Bonchev–Trinajstić information content (AvgIpc) is 3.44. The Hall–Kier alpha value is -2.70. The molecule has 1 saturated carbocycles. The van der Waals surface area contributed by atoms with E-state index < -0.39 is 0 Å². The van der Waals surface area contributed by atoms with E-state index in [2.05, 4.69) is 48.5 Å². The molecule has 2 amide bonds. The summed E-state index contributed by atoms with van der Waals surface area (Å²) < 4.78 is 1.72. The largest absolute Gasteiger partial charge is 0.348 e. The van der Waals surface area contributed by atoms with Gasteiger partial charge in [0.1, 0.15) is 0 Å². The molecule has 1 aromatic carbocycles. The van der Waals surface area contributed by atoms with E-state index in [0.717, 1.165) is 50.6 Å². The van der Waals surface area contributed by atoms with Crippen molar-refractivity contribution in [3.63, 3.8) is 0 Å². The van der Waals surface area contributed by atoms with Crippen LogP contribution < -0.4 is 5.32 Å². The van der Waals surface area contributed by atoms with Gasteiger partial charge in [-0.05, 0) is 61.6 Å². The van der Waals surface area contributed by atoms with E-state index in [1.807, 2.05) is 17.0 Å². The van der Waals surface area contributed by atoms with Gasteiger partial charge >= 0.3 is 0 Å². The van der Waals surface area contributed by atoms with Gasteiger partial charge in [0.15, 0.2) is 5.69 Å². The number of carbonyl (C=O) groups excluding carboxylic acids is 2. The fourth-order valence-corrected chi connectivity index (χ4v) is 4.13. The predicted molar refractivity (Wildman–Crippen MR) is 119 cm³/mol. The molecule has 0 bridgehead atoms. The summed E-state index contributed by atoms with van der Waals surface area (Å²) in [5.41, 5.74) is 2.41. The van der Waals surface area contributed by atoms with Crippen molar-refractivity contribution >= 4 is 11.8 Å². The van der Waals surface area contributed by atoms with E-state index in [-0.39, 0.29) is 23.3 Å². The number of amides is 2. The minimum absolute atomic E-state index is 0.0709. The summed E-state index contributed by atoms with van der Waals surface area (Å²) in [4.78, 5) is 27.4. The molecule has 1 aliphatic carbocycles. The average molecular weight is 424 g/mol. The topological polar surface area (TPSA) is 80.1 Å². The van der Waals surface area contributed by atoms with Crippen LogP contribution in [0.5, 0.6) is 0 Å². The molecule has 1 aromatic heterocycles. The van der Waals surface area contributed by atoms with Crippen LogP contribution in [0, 0.1) is 0 Å². The van der Waals surface area contributed by atoms with Gasteiger partial charge in [-0.1, -0.05) is 38.1 Å². The molecule has 1 N–H and O–H groups in total. The molecular weight excluding hydrogens is 390 g/mol. The lowest BCUT2D eigenvalue weighted by Crippen LogP contribution is -2.44. The summed E-state index contributed by atoms with van der Waals surface area (Å²) in [6.07, 6.45) is 7.77.